The first-order valence-corrected chi connectivity index (χ1v) is 6.38. The van der Waals surface area contributed by atoms with Crippen molar-refractivity contribution in [1.82, 2.24) is 5.32 Å². The monoisotopic (exact) mass is 217 g/mol. The van der Waals surface area contributed by atoms with E-state index in [9.17, 15) is 0 Å². The number of hydrogen-bond donors (Lipinski definition) is 1. The summed E-state index contributed by atoms with van der Waals surface area (Å²) in [5.41, 5.74) is 2.82. The lowest BCUT2D eigenvalue weighted by Gasteiger charge is -2.23. The highest BCUT2D eigenvalue weighted by Gasteiger charge is 2.19. The maximum atomic E-state index is 5.75. The second-order valence-corrected chi connectivity index (χ2v) is 4.92. The van der Waals surface area contributed by atoms with Crippen LogP contribution in [0.2, 0.25) is 0 Å². The number of fused-ring (bicyclic) bond motifs is 1. The molecule has 1 atom stereocenters. The molecule has 2 nitrogen and oxygen atoms in total. The van der Waals surface area contributed by atoms with Crippen molar-refractivity contribution in [1.29, 1.82) is 0 Å². The molecule has 2 heteroatoms. The average Bonchev–Trinajstić information content (AvgIpc) is 2.80. The van der Waals surface area contributed by atoms with Gasteiger partial charge in [-0.2, -0.15) is 0 Å². The fraction of sp³-hybridized carbons (Fsp3) is 0.571. The second kappa shape index (κ2) is 4.46. The van der Waals surface area contributed by atoms with E-state index in [2.05, 4.69) is 23.5 Å². The minimum Gasteiger partial charge on any atom is -0.493 e. The van der Waals surface area contributed by atoms with Crippen LogP contribution in [0.15, 0.2) is 18.2 Å². The summed E-state index contributed by atoms with van der Waals surface area (Å²) in [5.74, 6) is 1.98. The van der Waals surface area contributed by atoms with Crippen molar-refractivity contribution in [2.24, 2.45) is 5.92 Å². The third kappa shape index (κ3) is 1.94. The Morgan fingerprint density at radius 2 is 2.38 bits per heavy atom. The lowest BCUT2D eigenvalue weighted by Crippen LogP contribution is -2.30. The minimum absolute atomic E-state index is 0.796. The maximum Gasteiger partial charge on any atom is 0.125 e. The van der Waals surface area contributed by atoms with Gasteiger partial charge in [-0.1, -0.05) is 18.2 Å². The van der Waals surface area contributed by atoms with Gasteiger partial charge in [0.2, 0.25) is 0 Å². The smallest absolute Gasteiger partial charge is 0.125 e. The molecular formula is C14H19NO. The van der Waals surface area contributed by atoms with E-state index in [1.165, 1.54) is 49.2 Å². The van der Waals surface area contributed by atoms with Crippen LogP contribution in [0.25, 0.3) is 0 Å². The maximum absolute atomic E-state index is 5.75. The van der Waals surface area contributed by atoms with Gasteiger partial charge in [0.25, 0.3) is 0 Å². The summed E-state index contributed by atoms with van der Waals surface area (Å²) in [4.78, 5) is 0. The van der Waals surface area contributed by atoms with Gasteiger partial charge in [-0.15, -0.1) is 0 Å². The van der Waals surface area contributed by atoms with Crippen LogP contribution in [0, 0.1) is 5.92 Å². The van der Waals surface area contributed by atoms with Gasteiger partial charge in [-0.05, 0) is 49.4 Å². The molecule has 86 valence electrons. The largest absolute Gasteiger partial charge is 0.493 e. The van der Waals surface area contributed by atoms with Crippen LogP contribution < -0.4 is 10.1 Å². The summed E-state index contributed by atoms with van der Waals surface area (Å²) in [7, 11) is 0. The van der Waals surface area contributed by atoms with Gasteiger partial charge in [0.15, 0.2) is 0 Å². The molecule has 1 saturated heterocycles. The first-order valence-electron chi connectivity index (χ1n) is 6.38. The van der Waals surface area contributed by atoms with Gasteiger partial charge in [0, 0.05) is 6.42 Å². The van der Waals surface area contributed by atoms with Crippen molar-refractivity contribution in [2.45, 2.75) is 25.7 Å². The van der Waals surface area contributed by atoms with E-state index in [4.69, 9.17) is 4.74 Å². The average molecular weight is 217 g/mol. The summed E-state index contributed by atoms with van der Waals surface area (Å²) in [6.07, 6.45) is 4.94. The Kier molecular flexibility index (Phi) is 2.83. The fourth-order valence-electron chi connectivity index (χ4n) is 2.85. The van der Waals surface area contributed by atoms with Crippen LogP contribution in [0.5, 0.6) is 5.75 Å². The van der Waals surface area contributed by atoms with E-state index in [0.29, 0.717) is 0 Å². The summed E-state index contributed by atoms with van der Waals surface area (Å²) < 4.78 is 5.75. The molecule has 0 saturated carbocycles. The van der Waals surface area contributed by atoms with E-state index in [1.807, 2.05) is 0 Å². The predicted molar refractivity (Wildman–Crippen MR) is 64.9 cm³/mol. The Bertz CT molecular complexity index is 369. The molecular weight excluding hydrogens is 198 g/mol. The molecule has 1 fully saturated rings. The first kappa shape index (κ1) is 10.2. The fourth-order valence-corrected chi connectivity index (χ4v) is 2.85. The van der Waals surface area contributed by atoms with E-state index in [-0.39, 0.29) is 0 Å². The highest BCUT2D eigenvalue weighted by atomic mass is 16.5. The Balaban J connectivity index is 1.76. The third-order valence-corrected chi connectivity index (χ3v) is 3.70. The van der Waals surface area contributed by atoms with Crippen LogP contribution >= 0.6 is 0 Å². The topological polar surface area (TPSA) is 21.3 Å². The summed E-state index contributed by atoms with van der Waals surface area (Å²) in [6.45, 7) is 3.23. The number of nitrogens with one attached hydrogen (secondary N) is 1. The molecule has 3 rings (SSSR count). The van der Waals surface area contributed by atoms with Crippen molar-refractivity contribution >= 4 is 0 Å². The number of piperidine rings is 1. The standard InChI is InChI=1S/C14H19NO/c1-4-12-6-8-16-14(12)13(5-1)9-11-3-2-7-15-10-11/h1,4-5,11,15H,2-3,6-10H2. The Hall–Kier alpha value is -1.02. The quantitative estimate of drug-likeness (QED) is 0.819. The normalized spacial score (nSPS) is 23.9. The molecule has 0 bridgehead atoms. The molecule has 2 aliphatic heterocycles. The molecule has 1 aromatic rings. The number of hydrogen-bond acceptors (Lipinski definition) is 2. The number of benzene rings is 1. The molecule has 0 amide bonds. The highest BCUT2D eigenvalue weighted by molar-refractivity contribution is 5.44. The molecule has 1 N–H and O–H groups in total. The van der Waals surface area contributed by atoms with E-state index in [0.717, 1.165) is 18.9 Å². The highest BCUT2D eigenvalue weighted by Crippen LogP contribution is 2.31. The zero-order valence-corrected chi connectivity index (χ0v) is 9.67. The van der Waals surface area contributed by atoms with Crippen LogP contribution in [0.4, 0.5) is 0 Å². The van der Waals surface area contributed by atoms with Gasteiger partial charge >= 0.3 is 0 Å². The Morgan fingerprint density at radius 3 is 3.25 bits per heavy atom. The summed E-state index contributed by atoms with van der Waals surface area (Å²) >= 11 is 0. The van der Waals surface area contributed by atoms with Crippen LogP contribution in [-0.4, -0.2) is 19.7 Å². The molecule has 2 heterocycles. The van der Waals surface area contributed by atoms with Gasteiger partial charge in [0.05, 0.1) is 6.61 Å². The van der Waals surface area contributed by atoms with Crippen molar-refractivity contribution in [3.8, 4) is 5.75 Å². The zero-order valence-electron chi connectivity index (χ0n) is 9.67. The van der Waals surface area contributed by atoms with Gasteiger partial charge in [0.1, 0.15) is 5.75 Å². The summed E-state index contributed by atoms with van der Waals surface area (Å²) in [6, 6.07) is 6.61. The van der Waals surface area contributed by atoms with E-state index in [1.54, 1.807) is 0 Å². The van der Waals surface area contributed by atoms with Gasteiger partial charge in [-0.3, -0.25) is 0 Å². The zero-order chi connectivity index (χ0) is 10.8. The Labute approximate surface area is 97.0 Å². The molecule has 0 aliphatic carbocycles. The van der Waals surface area contributed by atoms with Crippen molar-refractivity contribution in [3.05, 3.63) is 29.3 Å². The number of ether oxygens (including phenoxy) is 1. The summed E-state index contributed by atoms with van der Waals surface area (Å²) in [5, 5.41) is 3.48. The van der Waals surface area contributed by atoms with Crippen molar-refractivity contribution < 1.29 is 4.74 Å². The van der Waals surface area contributed by atoms with Crippen LogP contribution in [0.3, 0.4) is 0 Å². The van der Waals surface area contributed by atoms with E-state index >= 15 is 0 Å². The van der Waals surface area contributed by atoms with Gasteiger partial charge < -0.3 is 10.1 Å². The second-order valence-electron chi connectivity index (χ2n) is 4.92. The number of rotatable bonds is 2. The van der Waals surface area contributed by atoms with E-state index < -0.39 is 0 Å². The minimum atomic E-state index is 0.796. The lowest BCUT2D eigenvalue weighted by molar-refractivity contribution is 0.341. The van der Waals surface area contributed by atoms with Crippen LogP contribution in [-0.2, 0) is 12.8 Å². The van der Waals surface area contributed by atoms with Gasteiger partial charge in [-0.25, -0.2) is 0 Å². The molecule has 2 aliphatic rings. The molecule has 1 unspecified atom stereocenters. The first-order chi connectivity index (χ1) is 7.93. The lowest BCUT2D eigenvalue weighted by atomic mass is 9.91. The number of para-hydroxylation sites is 1. The molecule has 0 aromatic heterocycles. The Morgan fingerprint density at radius 1 is 1.38 bits per heavy atom. The molecule has 0 spiro atoms. The SMILES string of the molecule is c1cc2c(c(CC3CCCNC3)c1)OCC2. The molecule has 16 heavy (non-hydrogen) atoms. The van der Waals surface area contributed by atoms with Crippen molar-refractivity contribution in [3.63, 3.8) is 0 Å². The van der Waals surface area contributed by atoms with Crippen LogP contribution in [0.1, 0.15) is 24.0 Å². The predicted octanol–water partition coefficient (Wildman–Crippen LogP) is 2.16. The van der Waals surface area contributed by atoms with Crippen molar-refractivity contribution in [2.75, 3.05) is 19.7 Å². The third-order valence-electron chi connectivity index (χ3n) is 3.70. The molecule has 1 aromatic carbocycles. The molecule has 0 radical (unpaired) electrons.